The Labute approximate surface area is 243 Å². The average molecular weight is 557 g/mol. The number of esters is 1. The minimum absolute atomic E-state index is 0.0660. The summed E-state index contributed by atoms with van der Waals surface area (Å²) in [4.78, 5) is 12.6. The van der Waals surface area contributed by atoms with Gasteiger partial charge < -0.3 is 14.2 Å². The third-order valence-corrected chi connectivity index (χ3v) is 10.3. The van der Waals surface area contributed by atoms with Crippen LogP contribution in [0.3, 0.4) is 0 Å². The number of fused-ring (bicyclic) bond motifs is 2. The first-order valence-corrected chi connectivity index (χ1v) is 15.1. The van der Waals surface area contributed by atoms with E-state index in [2.05, 4.69) is 50.2 Å². The van der Waals surface area contributed by atoms with Gasteiger partial charge >= 0.3 is 5.97 Å². The van der Waals surface area contributed by atoms with Crippen LogP contribution in [0, 0.1) is 17.2 Å². The molecule has 0 bridgehead atoms. The van der Waals surface area contributed by atoms with Gasteiger partial charge in [-0.15, -0.1) is 0 Å². The van der Waals surface area contributed by atoms with Gasteiger partial charge in [0.15, 0.2) is 0 Å². The first-order chi connectivity index (χ1) is 19.8. The molecule has 4 nitrogen and oxygen atoms in total. The molecule has 6 rings (SSSR count). The van der Waals surface area contributed by atoms with Gasteiger partial charge in [0.05, 0.1) is 20.1 Å². The maximum absolute atomic E-state index is 15.1. The smallest absolute Gasteiger partial charge is 0.309 e. The van der Waals surface area contributed by atoms with E-state index in [0.29, 0.717) is 23.8 Å². The van der Waals surface area contributed by atoms with E-state index in [4.69, 9.17) is 14.2 Å². The molecule has 41 heavy (non-hydrogen) atoms. The van der Waals surface area contributed by atoms with Crippen molar-refractivity contribution in [1.82, 2.24) is 0 Å². The molecular formula is C36H41FO4. The van der Waals surface area contributed by atoms with Crippen LogP contribution in [0.4, 0.5) is 4.39 Å². The summed E-state index contributed by atoms with van der Waals surface area (Å²) in [6, 6.07) is 17.7. The van der Waals surface area contributed by atoms with Crippen LogP contribution >= 0.6 is 0 Å². The molecule has 0 heterocycles. The minimum Gasteiger partial charge on any atom is -0.497 e. The van der Waals surface area contributed by atoms with Gasteiger partial charge in [0, 0.05) is 11.0 Å². The molecule has 3 aliphatic carbocycles. The molecule has 0 radical (unpaired) electrons. The minimum atomic E-state index is -0.240. The number of aryl methyl sites for hydroxylation is 1. The monoisotopic (exact) mass is 556 g/mol. The molecule has 0 amide bonds. The predicted molar refractivity (Wildman–Crippen MR) is 159 cm³/mol. The van der Waals surface area contributed by atoms with E-state index in [0.717, 1.165) is 61.8 Å². The summed E-state index contributed by atoms with van der Waals surface area (Å²) in [5.41, 5.74) is 6.36. The largest absolute Gasteiger partial charge is 0.497 e. The summed E-state index contributed by atoms with van der Waals surface area (Å²) >= 11 is 0. The van der Waals surface area contributed by atoms with Crippen LogP contribution in [0.15, 0.2) is 54.6 Å². The fourth-order valence-electron chi connectivity index (χ4n) is 7.94. The summed E-state index contributed by atoms with van der Waals surface area (Å²) in [7, 11) is 3.11. The number of carbonyl (C=O) groups excluding carboxylic acids is 1. The van der Waals surface area contributed by atoms with Crippen LogP contribution in [-0.4, -0.2) is 20.2 Å². The molecule has 3 aromatic carbocycles. The topological polar surface area (TPSA) is 44.8 Å². The molecule has 3 aromatic rings. The van der Waals surface area contributed by atoms with Gasteiger partial charge in [0.2, 0.25) is 0 Å². The second kappa shape index (κ2) is 10.8. The van der Waals surface area contributed by atoms with Crippen LogP contribution in [0.25, 0.3) is 11.1 Å². The highest BCUT2D eigenvalue weighted by Gasteiger charge is 2.53. The van der Waals surface area contributed by atoms with Gasteiger partial charge in [0.1, 0.15) is 23.9 Å². The molecule has 2 saturated carbocycles. The van der Waals surface area contributed by atoms with Crippen LogP contribution in [-0.2, 0) is 28.0 Å². The molecule has 3 aliphatic rings. The third-order valence-electron chi connectivity index (χ3n) is 10.3. The first kappa shape index (κ1) is 27.8. The summed E-state index contributed by atoms with van der Waals surface area (Å²) in [6.45, 7) is 5.07. The zero-order valence-corrected chi connectivity index (χ0v) is 24.7. The van der Waals surface area contributed by atoms with E-state index in [-0.39, 0.29) is 28.5 Å². The van der Waals surface area contributed by atoms with Gasteiger partial charge in [-0.2, -0.15) is 0 Å². The van der Waals surface area contributed by atoms with Crippen molar-refractivity contribution in [2.45, 2.75) is 83.2 Å². The average Bonchev–Trinajstić information content (AvgIpc) is 3.33. The normalized spacial score (nSPS) is 24.4. The SMILES string of the molecule is COC(=O)[C@H]1CC[C@]12CCCc1ccc(OCc3ccc(-c4cc(OC)ccc4F)c([C@@H]4CCCC4(C)C)c3)cc12. The maximum atomic E-state index is 15.1. The van der Waals surface area contributed by atoms with Crippen molar-refractivity contribution in [3.8, 4) is 22.6 Å². The Morgan fingerprint density at radius 2 is 1.73 bits per heavy atom. The Hall–Kier alpha value is -3.34. The lowest BCUT2D eigenvalue weighted by atomic mass is 9.52. The molecule has 0 unspecified atom stereocenters. The van der Waals surface area contributed by atoms with E-state index in [9.17, 15) is 4.79 Å². The van der Waals surface area contributed by atoms with Crippen molar-refractivity contribution in [3.05, 3.63) is 82.7 Å². The highest BCUT2D eigenvalue weighted by Crippen LogP contribution is 2.56. The lowest BCUT2D eigenvalue weighted by Crippen LogP contribution is -2.50. The number of rotatable bonds is 7. The number of halogens is 1. The fraction of sp³-hybridized carbons (Fsp3) is 0.472. The van der Waals surface area contributed by atoms with Crippen LogP contribution < -0.4 is 9.47 Å². The van der Waals surface area contributed by atoms with Crippen molar-refractivity contribution in [2.75, 3.05) is 14.2 Å². The Balaban J connectivity index is 1.31. The second-order valence-electron chi connectivity index (χ2n) is 12.9. The molecule has 1 spiro atoms. The Morgan fingerprint density at radius 3 is 2.44 bits per heavy atom. The molecular weight excluding hydrogens is 515 g/mol. The zero-order chi connectivity index (χ0) is 28.8. The summed E-state index contributed by atoms with van der Waals surface area (Å²) in [6.07, 6.45) is 8.47. The zero-order valence-electron chi connectivity index (χ0n) is 24.7. The van der Waals surface area contributed by atoms with Crippen LogP contribution in [0.2, 0.25) is 0 Å². The van der Waals surface area contributed by atoms with E-state index >= 15 is 4.39 Å². The number of hydrogen-bond acceptors (Lipinski definition) is 4. The Morgan fingerprint density at radius 1 is 0.902 bits per heavy atom. The van der Waals surface area contributed by atoms with Crippen molar-refractivity contribution in [3.63, 3.8) is 0 Å². The Bertz CT molecular complexity index is 1460. The number of ether oxygens (including phenoxy) is 3. The van der Waals surface area contributed by atoms with Gasteiger partial charge in [-0.25, -0.2) is 4.39 Å². The van der Waals surface area contributed by atoms with Crippen LogP contribution in [0.5, 0.6) is 11.5 Å². The molecule has 0 saturated heterocycles. The molecule has 216 valence electrons. The van der Waals surface area contributed by atoms with Crippen molar-refractivity contribution >= 4 is 5.97 Å². The number of carbonyl (C=O) groups is 1. The molecule has 2 fully saturated rings. The van der Waals surface area contributed by atoms with Gasteiger partial charge in [-0.05, 0) is 114 Å². The van der Waals surface area contributed by atoms with Gasteiger partial charge in [0.25, 0.3) is 0 Å². The van der Waals surface area contributed by atoms with Crippen molar-refractivity contribution < 1.29 is 23.4 Å². The first-order valence-electron chi connectivity index (χ1n) is 15.1. The Kier molecular flexibility index (Phi) is 7.33. The third kappa shape index (κ3) is 4.91. The van der Waals surface area contributed by atoms with E-state index in [1.54, 1.807) is 19.2 Å². The lowest BCUT2D eigenvalue weighted by molar-refractivity contribution is -0.153. The molecule has 3 atom stereocenters. The highest BCUT2D eigenvalue weighted by molar-refractivity contribution is 5.76. The second-order valence-corrected chi connectivity index (χ2v) is 12.9. The maximum Gasteiger partial charge on any atom is 0.309 e. The lowest BCUT2D eigenvalue weighted by Gasteiger charge is -2.51. The number of hydrogen-bond donors (Lipinski definition) is 0. The van der Waals surface area contributed by atoms with Crippen molar-refractivity contribution in [2.24, 2.45) is 11.3 Å². The van der Waals surface area contributed by atoms with Gasteiger partial charge in [-0.3, -0.25) is 4.79 Å². The van der Waals surface area contributed by atoms with E-state index in [1.165, 1.54) is 36.3 Å². The number of methoxy groups -OCH3 is 2. The van der Waals surface area contributed by atoms with E-state index in [1.807, 2.05) is 0 Å². The van der Waals surface area contributed by atoms with E-state index < -0.39 is 0 Å². The summed E-state index contributed by atoms with van der Waals surface area (Å²) < 4.78 is 32.1. The summed E-state index contributed by atoms with van der Waals surface area (Å²) in [5, 5.41) is 0. The molecule has 5 heteroatoms. The van der Waals surface area contributed by atoms with Crippen LogP contribution in [0.1, 0.15) is 87.0 Å². The molecule has 0 aromatic heterocycles. The van der Waals surface area contributed by atoms with Gasteiger partial charge in [-0.1, -0.05) is 44.5 Å². The quantitative estimate of drug-likeness (QED) is 0.274. The molecule has 0 N–H and O–H groups in total. The summed E-state index contributed by atoms with van der Waals surface area (Å²) in [5.74, 6) is 1.41. The fourth-order valence-corrected chi connectivity index (χ4v) is 7.94. The standard InChI is InChI=1S/C36H41FO4/c1-35(2)16-6-8-30(35)28-19-23(9-13-27(28)29-20-25(39-3)12-14-33(29)37)22-41-26-11-10-24-7-5-17-36(32(24)21-26)18-15-31(36)34(38)40-4/h9-14,19-21,30-31H,5-8,15-18,22H2,1-4H3/t30-,31+,36+/m0/s1. The highest BCUT2D eigenvalue weighted by atomic mass is 19.1. The predicted octanol–water partition coefficient (Wildman–Crippen LogP) is 8.53. The number of benzene rings is 3. The van der Waals surface area contributed by atoms with Crippen molar-refractivity contribution in [1.29, 1.82) is 0 Å². The molecule has 0 aliphatic heterocycles.